The van der Waals surface area contributed by atoms with Gasteiger partial charge in [0.25, 0.3) is 11.8 Å². The Hall–Kier alpha value is -3.76. The Kier molecular flexibility index (Phi) is 5.42. The van der Waals surface area contributed by atoms with Gasteiger partial charge < -0.3 is 15.4 Å². The first-order chi connectivity index (χ1) is 14.5. The summed E-state index contributed by atoms with van der Waals surface area (Å²) in [7, 11) is 0. The van der Waals surface area contributed by atoms with Gasteiger partial charge in [0.05, 0.1) is 16.8 Å². The molecule has 1 unspecified atom stereocenters. The van der Waals surface area contributed by atoms with Crippen LogP contribution in [-0.2, 0) is 4.79 Å². The lowest BCUT2D eigenvalue weighted by Crippen LogP contribution is -2.34. The number of benzene rings is 3. The van der Waals surface area contributed by atoms with Crippen LogP contribution < -0.4 is 15.4 Å². The summed E-state index contributed by atoms with van der Waals surface area (Å²) in [6, 6.07) is 21.7. The number of fused-ring (bicyclic) bond motifs is 1. The maximum absolute atomic E-state index is 13.0. The van der Waals surface area contributed by atoms with Gasteiger partial charge in [-0.3, -0.25) is 9.59 Å². The smallest absolute Gasteiger partial charge is 0.265 e. The van der Waals surface area contributed by atoms with E-state index in [4.69, 9.17) is 4.74 Å². The Morgan fingerprint density at radius 3 is 2.63 bits per heavy atom. The van der Waals surface area contributed by atoms with Crippen LogP contribution in [0.1, 0.15) is 22.8 Å². The second-order valence-electron chi connectivity index (χ2n) is 6.62. The van der Waals surface area contributed by atoms with Crippen molar-refractivity contribution < 1.29 is 14.3 Å². The predicted octanol–water partition coefficient (Wildman–Crippen LogP) is 4.68. The molecule has 7 heteroatoms. The molecule has 0 aliphatic carbocycles. The molecule has 2 amide bonds. The molecule has 6 nitrogen and oxygen atoms in total. The molecule has 3 aromatic carbocycles. The maximum atomic E-state index is 13.0. The topological polar surface area (TPSA) is 91.2 Å². The number of hydrogen-bond acceptors (Lipinski definition) is 5. The number of ether oxygens (including phenoxy) is 1. The minimum Gasteiger partial charge on any atom is -0.479 e. The molecule has 1 atom stereocenters. The summed E-state index contributed by atoms with van der Waals surface area (Å²) in [5, 5.41) is 15.0. The van der Waals surface area contributed by atoms with Gasteiger partial charge in [0, 0.05) is 15.5 Å². The molecule has 0 fully saturated rings. The SMILES string of the molecule is CC1Oc2ccc(NC(=O)c3ccccc3Sc3ccccc3C#N)cc2NC1=O. The van der Waals surface area contributed by atoms with Gasteiger partial charge in [-0.1, -0.05) is 36.0 Å². The van der Waals surface area contributed by atoms with E-state index in [0.717, 1.165) is 9.79 Å². The quantitative estimate of drug-likeness (QED) is 0.646. The highest BCUT2D eigenvalue weighted by Gasteiger charge is 2.24. The lowest BCUT2D eigenvalue weighted by Gasteiger charge is -2.23. The summed E-state index contributed by atoms with van der Waals surface area (Å²) in [5.41, 5.74) is 2.09. The molecule has 1 aliphatic heterocycles. The Balaban J connectivity index is 1.57. The highest BCUT2D eigenvalue weighted by Crippen LogP contribution is 2.34. The minimum atomic E-state index is -0.557. The Labute approximate surface area is 177 Å². The normalized spacial score (nSPS) is 14.7. The van der Waals surface area contributed by atoms with Crippen LogP contribution in [0.25, 0.3) is 0 Å². The van der Waals surface area contributed by atoms with Crippen molar-refractivity contribution in [2.75, 3.05) is 10.6 Å². The summed E-state index contributed by atoms with van der Waals surface area (Å²) in [5.74, 6) is 0.0388. The van der Waals surface area contributed by atoms with Crippen molar-refractivity contribution in [3.8, 4) is 11.8 Å². The van der Waals surface area contributed by atoms with E-state index in [9.17, 15) is 14.9 Å². The predicted molar refractivity (Wildman–Crippen MR) is 115 cm³/mol. The molecule has 0 spiro atoms. The fourth-order valence-corrected chi connectivity index (χ4v) is 4.02. The number of hydrogen-bond donors (Lipinski definition) is 2. The van der Waals surface area contributed by atoms with Gasteiger partial charge >= 0.3 is 0 Å². The number of nitriles is 1. The Bertz CT molecular complexity index is 1190. The van der Waals surface area contributed by atoms with Gasteiger partial charge in [-0.25, -0.2) is 0 Å². The van der Waals surface area contributed by atoms with Crippen LogP contribution in [0, 0.1) is 11.3 Å². The molecular formula is C23H17N3O3S. The largest absolute Gasteiger partial charge is 0.479 e. The number of carbonyl (C=O) groups is 2. The van der Waals surface area contributed by atoms with Crippen LogP contribution in [-0.4, -0.2) is 17.9 Å². The minimum absolute atomic E-state index is 0.233. The van der Waals surface area contributed by atoms with Crippen LogP contribution in [0.4, 0.5) is 11.4 Å². The van der Waals surface area contributed by atoms with Crippen molar-refractivity contribution in [3.63, 3.8) is 0 Å². The molecule has 1 heterocycles. The van der Waals surface area contributed by atoms with E-state index in [-0.39, 0.29) is 11.8 Å². The Morgan fingerprint density at radius 2 is 1.83 bits per heavy atom. The van der Waals surface area contributed by atoms with Crippen LogP contribution in [0.2, 0.25) is 0 Å². The fourth-order valence-electron chi connectivity index (χ4n) is 2.99. The average molecular weight is 415 g/mol. The van der Waals surface area contributed by atoms with E-state index in [1.54, 1.807) is 49.4 Å². The highest BCUT2D eigenvalue weighted by atomic mass is 32.2. The molecule has 0 saturated heterocycles. The van der Waals surface area contributed by atoms with Gasteiger partial charge in [0.15, 0.2) is 6.10 Å². The number of nitrogens with zero attached hydrogens (tertiary/aromatic N) is 1. The Morgan fingerprint density at radius 1 is 1.10 bits per heavy atom. The van der Waals surface area contributed by atoms with Crippen molar-refractivity contribution in [1.82, 2.24) is 0 Å². The first-order valence-electron chi connectivity index (χ1n) is 9.24. The zero-order chi connectivity index (χ0) is 21.1. The lowest BCUT2D eigenvalue weighted by atomic mass is 10.2. The molecule has 148 valence electrons. The van der Waals surface area contributed by atoms with E-state index in [0.29, 0.717) is 28.3 Å². The van der Waals surface area contributed by atoms with Crippen molar-refractivity contribution in [2.45, 2.75) is 22.8 Å². The average Bonchev–Trinajstić information content (AvgIpc) is 2.75. The van der Waals surface area contributed by atoms with Gasteiger partial charge in [0.2, 0.25) is 0 Å². The van der Waals surface area contributed by atoms with Gasteiger partial charge in [0.1, 0.15) is 11.8 Å². The van der Waals surface area contributed by atoms with Gasteiger partial charge in [-0.15, -0.1) is 0 Å². The monoisotopic (exact) mass is 415 g/mol. The van der Waals surface area contributed by atoms with E-state index >= 15 is 0 Å². The first kappa shape index (κ1) is 19.6. The molecule has 4 rings (SSSR count). The number of carbonyl (C=O) groups excluding carboxylic acids is 2. The standard InChI is InChI=1S/C23H17N3O3S/c1-14-22(27)26-18-12-16(10-11-19(18)29-14)25-23(28)17-7-3-5-9-21(17)30-20-8-4-2-6-15(20)13-24/h2-12,14H,1H3,(H,25,28)(H,26,27). The number of anilines is 2. The van der Waals surface area contributed by atoms with Crippen molar-refractivity contribution in [2.24, 2.45) is 0 Å². The molecule has 0 aromatic heterocycles. The second kappa shape index (κ2) is 8.31. The zero-order valence-electron chi connectivity index (χ0n) is 16.0. The zero-order valence-corrected chi connectivity index (χ0v) is 16.8. The summed E-state index contributed by atoms with van der Waals surface area (Å²) < 4.78 is 5.54. The van der Waals surface area contributed by atoms with E-state index in [1.165, 1.54) is 11.8 Å². The summed E-state index contributed by atoms with van der Waals surface area (Å²) in [4.78, 5) is 26.3. The van der Waals surface area contributed by atoms with Crippen molar-refractivity contribution >= 4 is 35.0 Å². The highest BCUT2D eigenvalue weighted by molar-refractivity contribution is 7.99. The number of nitrogens with one attached hydrogen (secondary N) is 2. The first-order valence-corrected chi connectivity index (χ1v) is 10.1. The van der Waals surface area contributed by atoms with Crippen LogP contribution in [0.5, 0.6) is 5.75 Å². The fraction of sp³-hybridized carbons (Fsp3) is 0.0870. The molecule has 2 N–H and O–H groups in total. The van der Waals surface area contributed by atoms with E-state index < -0.39 is 6.10 Å². The van der Waals surface area contributed by atoms with Crippen LogP contribution in [0.15, 0.2) is 76.5 Å². The number of rotatable bonds is 4. The van der Waals surface area contributed by atoms with Gasteiger partial charge in [-0.05, 0) is 49.4 Å². The molecule has 0 bridgehead atoms. The molecule has 3 aromatic rings. The lowest BCUT2D eigenvalue weighted by molar-refractivity contribution is -0.122. The van der Waals surface area contributed by atoms with E-state index in [2.05, 4.69) is 16.7 Å². The van der Waals surface area contributed by atoms with Crippen molar-refractivity contribution in [1.29, 1.82) is 5.26 Å². The molecule has 30 heavy (non-hydrogen) atoms. The summed E-state index contributed by atoms with van der Waals surface area (Å²) in [6.45, 7) is 1.67. The second-order valence-corrected chi connectivity index (χ2v) is 7.70. The summed E-state index contributed by atoms with van der Waals surface area (Å²) >= 11 is 1.37. The molecule has 0 radical (unpaired) electrons. The van der Waals surface area contributed by atoms with E-state index in [1.807, 2.05) is 24.3 Å². The number of amides is 2. The third-order valence-corrected chi connectivity index (χ3v) is 5.68. The molecular weight excluding hydrogens is 398 g/mol. The third-order valence-electron chi connectivity index (χ3n) is 4.53. The van der Waals surface area contributed by atoms with Crippen LogP contribution in [0.3, 0.4) is 0 Å². The van der Waals surface area contributed by atoms with Crippen molar-refractivity contribution in [3.05, 3.63) is 77.9 Å². The summed E-state index contributed by atoms with van der Waals surface area (Å²) in [6.07, 6.45) is -0.557. The molecule has 0 saturated carbocycles. The molecule has 1 aliphatic rings. The van der Waals surface area contributed by atoms with Gasteiger partial charge in [-0.2, -0.15) is 5.26 Å². The van der Waals surface area contributed by atoms with Crippen LogP contribution >= 0.6 is 11.8 Å². The third kappa shape index (κ3) is 4.00. The maximum Gasteiger partial charge on any atom is 0.265 e.